The Balaban J connectivity index is 1.78. The van der Waals surface area contributed by atoms with Gasteiger partial charge in [0.15, 0.2) is 5.78 Å². The Labute approximate surface area is 188 Å². The smallest absolute Gasteiger partial charge is 0.185 e. The van der Waals surface area contributed by atoms with Crippen molar-refractivity contribution in [2.45, 2.75) is 18.8 Å². The van der Waals surface area contributed by atoms with Crippen LogP contribution in [-0.2, 0) is 4.79 Å². The highest BCUT2D eigenvalue weighted by molar-refractivity contribution is 9.10. The Morgan fingerprint density at radius 3 is 1.59 bits per heavy atom. The fraction of sp³-hybridized carbons (Fsp3) is 0.115. The first-order valence-electron chi connectivity index (χ1n) is 9.61. The number of Topliss-reactive ketones (excluding diaryl/α,β-unsaturated/α-hetero) is 1. The number of hydrogen-bond donors (Lipinski definition) is 0. The summed E-state index contributed by atoms with van der Waals surface area (Å²) >= 11 is 7.21. The van der Waals surface area contributed by atoms with Crippen LogP contribution in [0.15, 0.2) is 99.0 Å². The predicted molar refractivity (Wildman–Crippen MR) is 128 cm³/mol. The van der Waals surface area contributed by atoms with Gasteiger partial charge >= 0.3 is 0 Å². The number of ketones is 1. The van der Waals surface area contributed by atoms with Crippen LogP contribution in [0.5, 0.6) is 0 Å². The molecule has 0 aromatic heterocycles. The molecule has 3 heteroatoms. The summed E-state index contributed by atoms with van der Waals surface area (Å²) in [5.41, 5.74) is 5.05. The average molecular weight is 508 g/mol. The van der Waals surface area contributed by atoms with E-state index in [0.717, 1.165) is 44.1 Å². The fourth-order valence-corrected chi connectivity index (χ4v) is 4.56. The van der Waals surface area contributed by atoms with Gasteiger partial charge in [0.2, 0.25) is 0 Å². The Kier molecular flexibility index (Phi) is 6.27. The van der Waals surface area contributed by atoms with Crippen molar-refractivity contribution in [3.63, 3.8) is 0 Å². The molecule has 1 aliphatic rings. The fourth-order valence-electron chi connectivity index (χ4n) is 3.76. The quantitative estimate of drug-likeness (QED) is 0.330. The van der Waals surface area contributed by atoms with E-state index in [1.807, 2.05) is 66.7 Å². The predicted octanol–water partition coefficient (Wildman–Crippen LogP) is 7.83. The van der Waals surface area contributed by atoms with Crippen LogP contribution in [0.2, 0.25) is 0 Å². The molecule has 29 heavy (non-hydrogen) atoms. The number of halogens is 2. The topological polar surface area (TPSA) is 17.1 Å². The largest absolute Gasteiger partial charge is 0.289 e. The number of allylic oxidation sites excluding steroid dienone is 2. The summed E-state index contributed by atoms with van der Waals surface area (Å²) in [6.07, 6.45) is 5.57. The minimum atomic E-state index is 0.142. The molecule has 1 saturated carbocycles. The lowest BCUT2D eigenvalue weighted by Gasteiger charge is -2.26. The van der Waals surface area contributed by atoms with Gasteiger partial charge in [-0.3, -0.25) is 4.79 Å². The van der Waals surface area contributed by atoms with E-state index in [2.05, 4.69) is 56.1 Å². The molecule has 3 aromatic rings. The van der Waals surface area contributed by atoms with Gasteiger partial charge in [-0.05, 0) is 59.7 Å². The van der Waals surface area contributed by atoms with E-state index in [4.69, 9.17) is 0 Å². The van der Waals surface area contributed by atoms with Crippen molar-refractivity contribution in [3.8, 4) is 0 Å². The molecule has 0 saturated heterocycles. The van der Waals surface area contributed by atoms with Crippen LogP contribution in [0.25, 0.3) is 12.2 Å². The number of benzene rings is 3. The second-order valence-corrected chi connectivity index (χ2v) is 8.94. The van der Waals surface area contributed by atoms with Gasteiger partial charge in [-0.25, -0.2) is 0 Å². The maximum absolute atomic E-state index is 13.4. The van der Waals surface area contributed by atoms with Crippen LogP contribution in [0, 0.1) is 0 Å². The summed E-state index contributed by atoms with van der Waals surface area (Å²) < 4.78 is 2.00. The summed E-state index contributed by atoms with van der Waals surface area (Å²) in [6, 6.07) is 26.5. The number of carbonyl (C=O) groups is 1. The van der Waals surface area contributed by atoms with Gasteiger partial charge in [-0.1, -0.05) is 98.6 Å². The van der Waals surface area contributed by atoms with E-state index in [1.165, 1.54) is 5.56 Å². The number of carbonyl (C=O) groups excluding carboxylic acids is 1. The van der Waals surface area contributed by atoms with Gasteiger partial charge in [0.25, 0.3) is 0 Å². The zero-order chi connectivity index (χ0) is 20.2. The zero-order valence-electron chi connectivity index (χ0n) is 15.8. The van der Waals surface area contributed by atoms with Crippen LogP contribution >= 0.6 is 31.9 Å². The summed E-state index contributed by atoms with van der Waals surface area (Å²) in [5.74, 6) is 0.431. The van der Waals surface area contributed by atoms with Crippen molar-refractivity contribution in [1.82, 2.24) is 0 Å². The maximum atomic E-state index is 13.4. The second kappa shape index (κ2) is 9.06. The van der Waals surface area contributed by atoms with Crippen molar-refractivity contribution < 1.29 is 4.79 Å². The monoisotopic (exact) mass is 506 g/mol. The normalized spacial score (nSPS) is 19.7. The van der Waals surface area contributed by atoms with Crippen molar-refractivity contribution in [1.29, 1.82) is 0 Å². The van der Waals surface area contributed by atoms with E-state index >= 15 is 0 Å². The molecule has 3 aromatic carbocycles. The van der Waals surface area contributed by atoms with Crippen LogP contribution in [0.3, 0.4) is 0 Å². The third-order valence-corrected chi connectivity index (χ3v) is 6.70. The summed E-state index contributed by atoms with van der Waals surface area (Å²) in [6.45, 7) is 0. The van der Waals surface area contributed by atoms with Crippen LogP contribution in [-0.4, -0.2) is 5.78 Å². The molecular formula is C26H20Br2O. The molecule has 0 unspecified atom stereocenters. The second-order valence-electron chi connectivity index (χ2n) is 7.23. The van der Waals surface area contributed by atoms with Crippen molar-refractivity contribution in [3.05, 3.63) is 116 Å². The lowest BCUT2D eigenvalue weighted by atomic mass is 9.77. The van der Waals surface area contributed by atoms with E-state index in [-0.39, 0.29) is 11.7 Å². The van der Waals surface area contributed by atoms with E-state index in [1.54, 1.807) is 0 Å². The van der Waals surface area contributed by atoms with Gasteiger partial charge in [-0.15, -0.1) is 0 Å². The van der Waals surface area contributed by atoms with E-state index < -0.39 is 0 Å². The molecule has 0 atom stereocenters. The lowest BCUT2D eigenvalue weighted by Crippen LogP contribution is -2.19. The van der Waals surface area contributed by atoms with Crippen molar-refractivity contribution in [2.75, 3.05) is 0 Å². The molecule has 0 heterocycles. The van der Waals surface area contributed by atoms with Gasteiger partial charge in [0.1, 0.15) is 0 Å². The Morgan fingerprint density at radius 2 is 1.10 bits per heavy atom. The van der Waals surface area contributed by atoms with E-state index in [0.29, 0.717) is 0 Å². The molecule has 0 spiro atoms. The first kappa shape index (κ1) is 20.1. The summed E-state index contributed by atoms with van der Waals surface area (Å²) in [7, 11) is 0. The first-order valence-corrected chi connectivity index (χ1v) is 11.2. The Bertz CT molecular complexity index is 1030. The Morgan fingerprint density at radius 1 is 0.655 bits per heavy atom. The van der Waals surface area contributed by atoms with Crippen molar-refractivity contribution >= 4 is 49.8 Å². The van der Waals surface area contributed by atoms with Gasteiger partial charge in [0.05, 0.1) is 0 Å². The molecule has 1 fully saturated rings. The van der Waals surface area contributed by atoms with Gasteiger partial charge in [-0.2, -0.15) is 0 Å². The third kappa shape index (κ3) is 4.68. The number of hydrogen-bond acceptors (Lipinski definition) is 1. The van der Waals surface area contributed by atoms with Crippen LogP contribution in [0.1, 0.15) is 35.4 Å². The van der Waals surface area contributed by atoms with Crippen molar-refractivity contribution in [2.24, 2.45) is 0 Å². The lowest BCUT2D eigenvalue weighted by molar-refractivity contribution is -0.113. The molecule has 0 aliphatic heterocycles. The standard InChI is InChI=1S/C26H20Br2O/c27-24-12-6-4-10-19(24)14-22-16-21(18-8-2-1-3-9-18)17-23(26(22)29)15-20-11-5-7-13-25(20)28/h1-15,21H,16-17H2/b22-14+,23-15+. The highest BCUT2D eigenvalue weighted by Gasteiger charge is 2.29. The summed E-state index contributed by atoms with van der Waals surface area (Å²) in [5, 5.41) is 0. The van der Waals surface area contributed by atoms with Gasteiger partial charge in [0, 0.05) is 20.1 Å². The van der Waals surface area contributed by atoms with Gasteiger partial charge < -0.3 is 0 Å². The SMILES string of the molecule is O=C1/C(=C/c2ccccc2Br)CC(c2ccccc2)C/C1=C\c1ccccc1Br. The first-order chi connectivity index (χ1) is 14.1. The van der Waals surface area contributed by atoms with Crippen LogP contribution < -0.4 is 0 Å². The molecule has 1 nitrogen and oxygen atoms in total. The van der Waals surface area contributed by atoms with E-state index in [9.17, 15) is 4.79 Å². The molecule has 1 aliphatic carbocycles. The molecule has 0 amide bonds. The third-order valence-electron chi connectivity index (χ3n) is 5.26. The maximum Gasteiger partial charge on any atom is 0.185 e. The highest BCUT2D eigenvalue weighted by atomic mass is 79.9. The minimum absolute atomic E-state index is 0.142. The molecule has 0 radical (unpaired) electrons. The summed E-state index contributed by atoms with van der Waals surface area (Å²) in [4.78, 5) is 13.4. The molecule has 4 rings (SSSR count). The minimum Gasteiger partial charge on any atom is -0.289 e. The Hall–Kier alpha value is -2.23. The molecule has 0 bridgehead atoms. The number of rotatable bonds is 3. The molecule has 0 N–H and O–H groups in total. The zero-order valence-corrected chi connectivity index (χ0v) is 19.0. The highest BCUT2D eigenvalue weighted by Crippen LogP contribution is 2.39. The molecule has 144 valence electrons. The van der Waals surface area contributed by atoms with Crippen LogP contribution in [0.4, 0.5) is 0 Å². The average Bonchev–Trinajstić information content (AvgIpc) is 2.74. The molecular weight excluding hydrogens is 488 g/mol.